The zero-order valence-corrected chi connectivity index (χ0v) is 9.79. The number of aromatic nitrogens is 3. The van der Waals surface area contributed by atoms with E-state index in [4.69, 9.17) is 0 Å². The zero-order valence-electron chi connectivity index (χ0n) is 9.79. The van der Waals surface area contributed by atoms with Crippen LogP contribution in [0.25, 0.3) is 33.7 Å². The lowest BCUT2D eigenvalue weighted by molar-refractivity contribution is 0.541. The second-order valence-corrected chi connectivity index (χ2v) is 4.39. The van der Waals surface area contributed by atoms with E-state index in [1.165, 1.54) is 0 Å². The monoisotopic (exact) mass is 251 g/mol. The van der Waals surface area contributed by atoms with Gasteiger partial charge in [0.2, 0.25) is 5.65 Å². The molecule has 0 aliphatic rings. The number of H-pyrrole nitrogens is 1. The average molecular weight is 251 g/mol. The molecule has 0 saturated heterocycles. The van der Waals surface area contributed by atoms with Crippen molar-refractivity contribution in [3.8, 4) is 0 Å². The van der Waals surface area contributed by atoms with Crippen LogP contribution in [0.15, 0.2) is 41.5 Å². The number of fused-ring (bicyclic) bond motifs is 5. The van der Waals surface area contributed by atoms with Crippen LogP contribution in [-0.4, -0.2) is 19.5 Å². The third-order valence-electron chi connectivity index (χ3n) is 3.43. The maximum atomic E-state index is 12.0. The second kappa shape index (κ2) is 3.35. The minimum Gasteiger partial charge on any atom is -0.515 e. The summed E-state index contributed by atoms with van der Waals surface area (Å²) < 4.78 is 1.70. The molecule has 0 unspecified atom stereocenters. The Labute approximate surface area is 106 Å². The molecule has 92 valence electrons. The second-order valence-electron chi connectivity index (χ2n) is 4.39. The van der Waals surface area contributed by atoms with Gasteiger partial charge in [0.05, 0.1) is 17.3 Å². The first-order chi connectivity index (χ1) is 9.31. The van der Waals surface area contributed by atoms with Crippen LogP contribution < -0.4 is 10.8 Å². The van der Waals surface area contributed by atoms with E-state index < -0.39 is 0 Å². The van der Waals surface area contributed by atoms with Gasteiger partial charge in [0.1, 0.15) is 0 Å². The van der Waals surface area contributed by atoms with E-state index in [-0.39, 0.29) is 5.56 Å². The summed E-state index contributed by atoms with van der Waals surface area (Å²) in [5, 5.41) is 12.0. The molecule has 0 aliphatic carbocycles. The van der Waals surface area contributed by atoms with E-state index in [9.17, 15) is 9.90 Å². The number of imidazole rings is 1. The molecular formula is C14H9N3O2. The van der Waals surface area contributed by atoms with E-state index in [1.807, 2.05) is 24.3 Å². The number of aliphatic hydroxyl groups excluding tert-OH is 1. The molecule has 5 nitrogen and oxygen atoms in total. The van der Waals surface area contributed by atoms with E-state index >= 15 is 0 Å². The summed E-state index contributed by atoms with van der Waals surface area (Å²) in [6, 6.07) is 7.64. The van der Waals surface area contributed by atoms with E-state index in [1.54, 1.807) is 16.8 Å². The Hall–Kier alpha value is -2.82. The van der Waals surface area contributed by atoms with Crippen LogP contribution in [-0.2, 0) is 0 Å². The molecule has 4 aromatic rings. The van der Waals surface area contributed by atoms with Crippen molar-refractivity contribution < 1.29 is 5.11 Å². The van der Waals surface area contributed by atoms with Crippen molar-refractivity contribution >= 4 is 33.7 Å². The normalized spacial score (nSPS) is 12.9. The van der Waals surface area contributed by atoms with Gasteiger partial charge in [-0.05, 0) is 5.39 Å². The van der Waals surface area contributed by atoms with Crippen LogP contribution in [0.3, 0.4) is 0 Å². The van der Waals surface area contributed by atoms with Crippen molar-refractivity contribution in [1.82, 2.24) is 14.4 Å². The first kappa shape index (κ1) is 10.1. The highest BCUT2D eigenvalue weighted by atomic mass is 16.2. The van der Waals surface area contributed by atoms with Gasteiger partial charge in [-0.1, -0.05) is 24.3 Å². The lowest BCUT2D eigenvalue weighted by atomic mass is 10.2. The van der Waals surface area contributed by atoms with Gasteiger partial charge in [0.25, 0.3) is 5.56 Å². The molecule has 0 atom stereocenters. The lowest BCUT2D eigenvalue weighted by Crippen LogP contribution is -2.12. The summed E-state index contributed by atoms with van der Waals surface area (Å²) in [6.07, 6.45) is 4.37. The largest absolute Gasteiger partial charge is 0.515 e. The molecule has 2 N–H and O–H groups in total. The molecule has 0 saturated carbocycles. The number of nitrogens with zero attached hydrogens (tertiary/aromatic N) is 2. The van der Waals surface area contributed by atoms with Crippen molar-refractivity contribution in [3.05, 3.63) is 52.2 Å². The predicted molar refractivity (Wildman–Crippen MR) is 73.1 cm³/mol. The van der Waals surface area contributed by atoms with Crippen LogP contribution in [0.4, 0.5) is 0 Å². The van der Waals surface area contributed by atoms with Gasteiger partial charge in [0, 0.05) is 23.0 Å². The van der Waals surface area contributed by atoms with Gasteiger partial charge < -0.3 is 10.1 Å². The maximum Gasteiger partial charge on any atom is 0.292 e. The van der Waals surface area contributed by atoms with Crippen molar-refractivity contribution in [3.63, 3.8) is 0 Å². The summed E-state index contributed by atoms with van der Waals surface area (Å²) in [4.78, 5) is 18.9. The lowest BCUT2D eigenvalue weighted by Gasteiger charge is -1.96. The third kappa shape index (κ3) is 1.14. The molecule has 2 aromatic carbocycles. The molecule has 0 fully saturated rings. The standard InChI is InChI=1S/C14H9N3O2/c18-7-10-8-3-1-2-4-9(8)11-12(10)17-6-5-15-13(17)14(19)16-11/h1-7,18H,(H,16,19). The fraction of sp³-hybridized carbons (Fsp3) is 0. The maximum absolute atomic E-state index is 12.0. The van der Waals surface area contributed by atoms with Gasteiger partial charge in [-0.25, -0.2) is 4.98 Å². The zero-order chi connectivity index (χ0) is 13.0. The highest BCUT2D eigenvalue weighted by Crippen LogP contribution is 2.21. The topological polar surface area (TPSA) is 70.4 Å². The predicted octanol–water partition coefficient (Wildman–Crippen LogP) is 1.34. The Bertz CT molecular complexity index is 1040. The molecule has 4 rings (SSSR count). The molecule has 0 bridgehead atoms. The molecule has 5 heteroatoms. The minimum absolute atomic E-state index is 0.238. The first-order valence-electron chi connectivity index (χ1n) is 5.85. The first-order valence-corrected chi connectivity index (χ1v) is 5.85. The molecule has 2 aromatic heterocycles. The number of benzene rings is 1. The Balaban J connectivity index is 2.53. The fourth-order valence-corrected chi connectivity index (χ4v) is 2.65. The van der Waals surface area contributed by atoms with Crippen LogP contribution in [0.5, 0.6) is 0 Å². The summed E-state index contributed by atoms with van der Waals surface area (Å²) >= 11 is 0. The van der Waals surface area contributed by atoms with Crippen LogP contribution in [0, 0.1) is 0 Å². The summed E-state index contributed by atoms with van der Waals surface area (Å²) in [6.45, 7) is 0. The summed E-state index contributed by atoms with van der Waals surface area (Å²) in [5.74, 6) is 0. The van der Waals surface area contributed by atoms with Gasteiger partial charge in [-0.2, -0.15) is 0 Å². The van der Waals surface area contributed by atoms with E-state index in [2.05, 4.69) is 9.97 Å². The molecule has 0 aliphatic heterocycles. The van der Waals surface area contributed by atoms with Crippen LogP contribution >= 0.6 is 0 Å². The van der Waals surface area contributed by atoms with E-state index in [0.29, 0.717) is 16.4 Å². The number of hydrogen-bond donors (Lipinski definition) is 2. The van der Waals surface area contributed by atoms with Crippen molar-refractivity contribution in [2.75, 3.05) is 0 Å². The highest BCUT2D eigenvalue weighted by Gasteiger charge is 2.13. The van der Waals surface area contributed by atoms with Gasteiger partial charge in [-0.3, -0.25) is 9.20 Å². The van der Waals surface area contributed by atoms with Crippen molar-refractivity contribution in [2.45, 2.75) is 0 Å². The highest BCUT2D eigenvalue weighted by molar-refractivity contribution is 6.09. The van der Waals surface area contributed by atoms with Gasteiger partial charge >= 0.3 is 0 Å². The number of nitrogens with one attached hydrogen (secondary N) is 1. The Morgan fingerprint density at radius 1 is 1.26 bits per heavy atom. The molecule has 0 spiro atoms. The fourth-order valence-electron chi connectivity index (χ4n) is 2.65. The van der Waals surface area contributed by atoms with Crippen LogP contribution in [0.1, 0.15) is 0 Å². The van der Waals surface area contributed by atoms with Gasteiger partial charge in [0.15, 0.2) is 0 Å². The number of hydrogen-bond acceptors (Lipinski definition) is 3. The van der Waals surface area contributed by atoms with Crippen molar-refractivity contribution in [2.24, 2.45) is 0 Å². The number of aromatic amines is 1. The van der Waals surface area contributed by atoms with Crippen molar-refractivity contribution in [1.29, 1.82) is 0 Å². The van der Waals surface area contributed by atoms with Gasteiger partial charge in [-0.15, -0.1) is 0 Å². The summed E-state index contributed by atoms with van der Waals surface area (Å²) in [5.41, 5.74) is 1.56. The third-order valence-corrected chi connectivity index (χ3v) is 3.43. The number of aliphatic hydroxyl groups is 1. The van der Waals surface area contributed by atoms with Crippen LogP contribution in [0.2, 0.25) is 0 Å². The Morgan fingerprint density at radius 3 is 2.84 bits per heavy atom. The molecule has 0 amide bonds. The SMILES string of the molecule is O=c1[nH]c2c3ccccc3c(=CO)c2n2ccnc12. The Kier molecular flexibility index (Phi) is 1.79. The average Bonchev–Trinajstić information content (AvgIpc) is 3.01. The van der Waals surface area contributed by atoms with E-state index in [0.717, 1.165) is 22.6 Å². The molecule has 19 heavy (non-hydrogen) atoms. The minimum atomic E-state index is -0.238. The molecular weight excluding hydrogens is 242 g/mol. The molecule has 0 radical (unpaired) electrons. The molecule has 2 heterocycles. The Morgan fingerprint density at radius 2 is 2.05 bits per heavy atom. The quantitative estimate of drug-likeness (QED) is 0.495. The summed E-state index contributed by atoms with van der Waals surface area (Å²) in [7, 11) is 0. The number of rotatable bonds is 0. The smallest absolute Gasteiger partial charge is 0.292 e.